The van der Waals surface area contributed by atoms with Crippen molar-refractivity contribution in [2.75, 3.05) is 14.2 Å². The summed E-state index contributed by atoms with van der Waals surface area (Å²) in [6.07, 6.45) is 4.22. The Balaban J connectivity index is 2.93. The minimum Gasteiger partial charge on any atom is -0.496 e. The fourth-order valence-electron chi connectivity index (χ4n) is 2.43. The Hall–Kier alpha value is -1.22. The first kappa shape index (κ1) is 16.8. The number of nitrogens with two attached hydrogens (primary N) is 1. The molecule has 0 saturated heterocycles. The first-order valence-corrected chi connectivity index (χ1v) is 7.47. The lowest BCUT2D eigenvalue weighted by Gasteiger charge is -2.16. The number of ether oxygens (including phenoxy) is 2. The molecule has 0 amide bonds. The van der Waals surface area contributed by atoms with Crippen LogP contribution in [0, 0.1) is 5.92 Å². The topological polar surface area (TPSA) is 44.5 Å². The van der Waals surface area contributed by atoms with Gasteiger partial charge in [0.1, 0.15) is 11.5 Å². The zero-order chi connectivity index (χ0) is 15.1. The molecule has 20 heavy (non-hydrogen) atoms. The zero-order valence-corrected chi connectivity index (χ0v) is 13.5. The van der Waals surface area contributed by atoms with Crippen molar-refractivity contribution < 1.29 is 9.47 Å². The molecule has 0 aromatic heterocycles. The van der Waals surface area contributed by atoms with Crippen LogP contribution in [0.2, 0.25) is 0 Å². The smallest absolute Gasteiger partial charge is 0.122 e. The van der Waals surface area contributed by atoms with Crippen LogP contribution in [0.1, 0.15) is 44.7 Å². The molecule has 0 fully saturated rings. The van der Waals surface area contributed by atoms with Gasteiger partial charge < -0.3 is 15.2 Å². The Morgan fingerprint density at radius 2 is 1.55 bits per heavy atom. The molecule has 1 aromatic rings. The Labute approximate surface area is 123 Å². The molecule has 0 aliphatic heterocycles. The molecular formula is C17H29NO2. The molecule has 1 rings (SSSR count). The summed E-state index contributed by atoms with van der Waals surface area (Å²) in [4.78, 5) is 0. The summed E-state index contributed by atoms with van der Waals surface area (Å²) in [6.45, 7) is 6.51. The van der Waals surface area contributed by atoms with Gasteiger partial charge in [0.2, 0.25) is 0 Å². The number of aryl methyl sites for hydroxylation is 1. The van der Waals surface area contributed by atoms with Crippen molar-refractivity contribution in [1.82, 2.24) is 0 Å². The highest BCUT2D eigenvalue weighted by atomic mass is 16.5. The van der Waals surface area contributed by atoms with Gasteiger partial charge in [0, 0.05) is 6.04 Å². The highest BCUT2D eigenvalue weighted by Gasteiger charge is 2.12. The summed E-state index contributed by atoms with van der Waals surface area (Å²) in [6, 6.07) is 4.30. The second-order valence-corrected chi connectivity index (χ2v) is 5.94. The SMILES string of the molecule is COc1cc(CC(C)N)c(OC)cc1CCCC(C)C. The van der Waals surface area contributed by atoms with E-state index in [9.17, 15) is 0 Å². The van der Waals surface area contributed by atoms with Crippen molar-refractivity contribution in [3.05, 3.63) is 23.3 Å². The van der Waals surface area contributed by atoms with E-state index in [2.05, 4.69) is 26.0 Å². The molecule has 0 bridgehead atoms. The molecular weight excluding hydrogens is 250 g/mol. The molecule has 0 heterocycles. The third kappa shape index (κ3) is 5.04. The summed E-state index contributed by atoms with van der Waals surface area (Å²) in [5, 5.41) is 0. The molecule has 114 valence electrons. The van der Waals surface area contributed by atoms with Crippen molar-refractivity contribution in [3.8, 4) is 11.5 Å². The predicted molar refractivity (Wildman–Crippen MR) is 84.7 cm³/mol. The first-order chi connectivity index (χ1) is 9.47. The molecule has 0 radical (unpaired) electrons. The lowest BCUT2D eigenvalue weighted by molar-refractivity contribution is 0.392. The van der Waals surface area contributed by atoms with Gasteiger partial charge in [-0.2, -0.15) is 0 Å². The van der Waals surface area contributed by atoms with Gasteiger partial charge in [-0.25, -0.2) is 0 Å². The van der Waals surface area contributed by atoms with Crippen LogP contribution in [0.15, 0.2) is 12.1 Å². The van der Waals surface area contributed by atoms with Gasteiger partial charge in [-0.1, -0.05) is 20.3 Å². The predicted octanol–water partition coefficient (Wildman–Crippen LogP) is 3.57. The number of methoxy groups -OCH3 is 2. The molecule has 1 unspecified atom stereocenters. The van der Waals surface area contributed by atoms with E-state index in [-0.39, 0.29) is 6.04 Å². The van der Waals surface area contributed by atoms with Crippen LogP contribution in [0.3, 0.4) is 0 Å². The molecule has 0 saturated carbocycles. The van der Waals surface area contributed by atoms with Gasteiger partial charge in [-0.05, 0) is 55.4 Å². The summed E-state index contributed by atoms with van der Waals surface area (Å²) in [5.41, 5.74) is 8.23. The molecule has 1 aromatic carbocycles. The molecule has 0 aliphatic rings. The van der Waals surface area contributed by atoms with Gasteiger partial charge in [-0.15, -0.1) is 0 Å². The summed E-state index contributed by atoms with van der Waals surface area (Å²) < 4.78 is 11.0. The molecule has 0 spiro atoms. The van der Waals surface area contributed by atoms with Crippen LogP contribution in [-0.4, -0.2) is 20.3 Å². The van der Waals surface area contributed by atoms with Crippen LogP contribution >= 0.6 is 0 Å². The average Bonchev–Trinajstić information content (AvgIpc) is 2.38. The van der Waals surface area contributed by atoms with Gasteiger partial charge in [-0.3, -0.25) is 0 Å². The third-order valence-corrected chi connectivity index (χ3v) is 3.45. The minimum atomic E-state index is 0.111. The van der Waals surface area contributed by atoms with E-state index in [0.717, 1.165) is 35.8 Å². The van der Waals surface area contributed by atoms with E-state index in [4.69, 9.17) is 15.2 Å². The minimum absolute atomic E-state index is 0.111. The normalized spacial score (nSPS) is 12.6. The van der Waals surface area contributed by atoms with E-state index >= 15 is 0 Å². The van der Waals surface area contributed by atoms with E-state index in [1.165, 1.54) is 18.4 Å². The van der Waals surface area contributed by atoms with Crippen molar-refractivity contribution in [1.29, 1.82) is 0 Å². The van der Waals surface area contributed by atoms with E-state index < -0.39 is 0 Å². The number of hydrogen-bond donors (Lipinski definition) is 1. The first-order valence-electron chi connectivity index (χ1n) is 7.47. The quantitative estimate of drug-likeness (QED) is 0.791. The Bertz CT molecular complexity index is 414. The highest BCUT2D eigenvalue weighted by Crippen LogP contribution is 2.31. The lowest BCUT2D eigenvalue weighted by Crippen LogP contribution is -2.18. The van der Waals surface area contributed by atoms with E-state index in [1.54, 1.807) is 14.2 Å². The van der Waals surface area contributed by atoms with Gasteiger partial charge in [0.25, 0.3) is 0 Å². The van der Waals surface area contributed by atoms with Gasteiger partial charge >= 0.3 is 0 Å². The maximum atomic E-state index is 5.89. The molecule has 3 heteroatoms. The van der Waals surface area contributed by atoms with Crippen molar-refractivity contribution in [2.24, 2.45) is 11.7 Å². The van der Waals surface area contributed by atoms with E-state index in [0.29, 0.717) is 0 Å². The Morgan fingerprint density at radius 3 is 2.05 bits per heavy atom. The summed E-state index contributed by atoms with van der Waals surface area (Å²) >= 11 is 0. The maximum Gasteiger partial charge on any atom is 0.122 e. The average molecular weight is 279 g/mol. The Morgan fingerprint density at radius 1 is 1.00 bits per heavy atom. The second kappa shape index (κ2) is 8.15. The summed E-state index contributed by atoms with van der Waals surface area (Å²) in [5.74, 6) is 2.60. The number of hydrogen-bond acceptors (Lipinski definition) is 3. The monoisotopic (exact) mass is 279 g/mol. The van der Waals surface area contributed by atoms with Crippen LogP contribution < -0.4 is 15.2 Å². The van der Waals surface area contributed by atoms with Crippen LogP contribution in [0.5, 0.6) is 11.5 Å². The molecule has 1 atom stereocenters. The van der Waals surface area contributed by atoms with Crippen molar-refractivity contribution >= 4 is 0 Å². The maximum absolute atomic E-state index is 5.89. The Kier molecular flexibility index (Phi) is 6.86. The van der Waals surface area contributed by atoms with Crippen LogP contribution in [0.25, 0.3) is 0 Å². The number of benzene rings is 1. The van der Waals surface area contributed by atoms with Gasteiger partial charge in [0.15, 0.2) is 0 Å². The van der Waals surface area contributed by atoms with Gasteiger partial charge in [0.05, 0.1) is 14.2 Å². The fourth-order valence-corrected chi connectivity index (χ4v) is 2.43. The van der Waals surface area contributed by atoms with Crippen molar-refractivity contribution in [3.63, 3.8) is 0 Å². The second-order valence-electron chi connectivity index (χ2n) is 5.94. The van der Waals surface area contributed by atoms with E-state index in [1.807, 2.05) is 6.92 Å². The lowest BCUT2D eigenvalue weighted by atomic mass is 9.98. The third-order valence-electron chi connectivity index (χ3n) is 3.45. The molecule has 0 aliphatic carbocycles. The zero-order valence-electron chi connectivity index (χ0n) is 13.5. The number of rotatable bonds is 8. The standard InChI is InChI=1S/C17H29NO2/c1-12(2)7-6-8-14-10-17(20-5)15(9-13(3)18)11-16(14)19-4/h10-13H,6-9,18H2,1-5H3. The van der Waals surface area contributed by atoms with Crippen LogP contribution in [0.4, 0.5) is 0 Å². The largest absolute Gasteiger partial charge is 0.496 e. The highest BCUT2D eigenvalue weighted by molar-refractivity contribution is 5.47. The van der Waals surface area contributed by atoms with Crippen molar-refractivity contribution in [2.45, 2.75) is 52.5 Å². The molecule has 3 nitrogen and oxygen atoms in total. The molecule has 2 N–H and O–H groups in total. The van der Waals surface area contributed by atoms with Crippen LogP contribution in [-0.2, 0) is 12.8 Å². The summed E-state index contributed by atoms with van der Waals surface area (Å²) in [7, 11) is 3.44. The fraction of sp³-hybridized carbons (Fsp3) is 0.647.